The Hall–Kier alpha value is -2.83. The molecule has 3 aromatic rings. The monoisotopic (exact) mass is 410 g/mol. The van der Waals surface area contributed by atoms with Crippen LogP contribution in [0.1, 0.15) is 32.7 Å². The van der Waals surface area contributed by atoms with E-state index < -0.39 is 0 Å². The second-order valence-electron chi connectivity index (χ2n) is 7.15. The maximum atomic E-state index is 12.7. The molecule has 0 spiro atoms. The van der Waals surface area contributed by atoms with E-state index in [9.17, 15) is 4.79 Å². The maximum Gasteiger partial charge on any atom is 0.256 e. The minimum Gasteiger partial charge on any atom is -0.496 e. The number of amides is 1. The molecule has 6 nitrogen and oxygen atoms in total. The van der Waals surface area contributed by atoms with Crippen LogP contribution in [0.2, 0.25) is 5.02 Å². The highest BCUT2D eigenvalue weighted by Crippen LogP contribution is 2.24. The van der Waals surface area contributed by atoms with Crippen molar-refractivity contribution in [3.8, 4) is 5.75 Å². The van der Waals surface area contributed by atoms with Gasteiger partial charge in [0.25, 0.3) is 5.91 Å². The number of carbonyl (C=O) groups is 1. The van der Waals surface area contributed by atoms with E-state index >= 15 is 0 Å². The number of nitrogens with one attached hydrogen (secondary N) is 2. The van der Waals surface area contributed by atoms with Crippen LogP contribution in [-0.2, 0) is 19.5 Å². The number of aromatic nitrogens is 2. The third-order valence-corrected chi connectivity index (χ3v) is 5.38. The molecular formula is C22H23ClN4O2. The van der Waals surface area contributed by atoms with Gasteiger partial charge in [-0.25, -0.2) is 0 Å². The first kappa shape index (κ1) is 19.5. The lowest BCUT2D eigenvalue weighted by Crippen LogP contribution is -2.24. The molecule has 0 saturated heterocycles. The van der Waals surface area contributed by atoms with Crippen LogP contribution in [0.3, 0.4) is 0 Å². The molecule has 0 saturated carbocycles. The van der Waals surface area contributed by atoms with E-state index in [1.165, 1.54) is 11.1 Å². The van der Waals surface area contributed by atoms with Gasteiger partial charge in [0.15, 0.2) is 5.82 Å². The largest absolute Gasteiger partial charge is 0.496 e. The van der Waals surface area contributed by atoms with Crippen molar-refractivity contribution in [1.82, 2.24) is 15.1 Å². The zero-order valence-electron chi connectivity index (χ0n) is 16.5. The van der Waals surface area contributed by atoms with Crippen LogP contribution >= 0.6 is 11.6 Å². The minimum absolute atomic E-state index is 0.156. The fourth-order valence-electron chi connectivity index (χ4n) is 3.57. The normalized spacial score (nSPS) is 13.1. The van der Waals surface area contributed by atoms with Crippen LogP contribution in [0.5, 0.6) is 5.75 Å². The van der Waals surface area contributed by atoms with E-state index in [0.29, 0.717) is 22.9 Å². The molecule has 4 rings (SSSR count). The van der Waals surface area contributed by atoms with Crippen LogP contribution < -0.4 is 15.4 Å². The highest BCUT2D eigenvalue weighted by Gasteiger charge is 2.15. The molecule has 2 N–H and O–H groups in total. The second-order valence-corrected chi connectivity index (χ2v) is 7.59. The molecule has 2 aromatic carbocycles. The molecule has 0 fully saturated rings. The topological polar surface area (TPSA) is 68.2 Å². The lowest BCUT2D eigenvalue weighted by atomic mass is 9.98. The molecular weight excluding hydrogens is 388 g/mol. The van der Waals surface area contributed by atoms with Gasteiger partial charge in [0.2, 0.25) is 0 Å². The first-order valence-electron chi connectivity index (χ1n) is 9.54. The van der Waals surface area contributed by atoms with Crippen molar-refractivity contribution in [3.05, 3.63) is 75.4 Å². The number of benzene rings is 2. The van der Waals surface area contributed by atoms with Gasteiger partial charge < -0.3 is 15.4 Å². The lowest BCUT2D eigenvalue weighted by molar-refractivity contribution is 0.102. The molecule has 150 valence electrons. The summed E-state index contributed by atoms with van der Waals surface area (Å²) in [6, 6.07) is 13.2. The van der Waals surface area contributed by atoms with Gasteiger partial charge in [0.1, 0.15) is 5.75 Å². The predicted molar refractivity (Wildman–Crippen MR) is 114 cm³/mol. The molecule has 1 aromatic heterocycles. The first-order valence-corrected chi connectivity index (χ1v) is 9.92. The van der Waals surface area contributed by atoms with Crippen molar-refractivity contribution in [3.63, 3.8) is 0 Å². The van der Waals surface area contributed by atoms with Gasteiger partial charge in [-0.15, -0.1) is 0 Å². The standard InChI is InChI=1S/C22H23ClN4O2/c1-14-9-21(26-27(14)13-18-11-19(23)5-6-20(18)29-2)25-22(28)16-3-4-17-12-24-8-7-15(17)10-16/h3-6,9-11,24H,7-8,12-13H2,1-2H3,(H,25,26,28). The van der Waals surface area contributed by atoms with Crippen LogP contribution in [0.4, 0.5) is 5.82 Å². The van der Waals surface area contributed by atoms with Crippen LogP contribution in [0.15, 0.2) is 42.5 Å². The smallest absolute Gasteiger partial charge is 0.256 e. The summed E-state index contributed by atoms with van der Waals surface area (Å²) >= 11 is 6.13. The SMILES string of the molecule is COc1ccc(Cl)cc1Cn1nc(NC(=O)c2ccc3c(c2)CCNC3)cc1C. The van der Waals surface area contributed by atoms with Crippen molar-refractivity contribution >= 4 is 23.3 Å². The molecule has 0 aliphatic carbocycles. The van der Waals surface area contributed by atoms with Crippen molar-refractivity contribution in [2.75, 3.05) is 19.0 Å². The summed E-state index contributed by atoms with van der Waals surface area (Å²) in [7, 11) is 1.63. The van der Waals surface area contributed by atoms with Gasteiger partial charge in [-0.3, -0.25) is 9.48 Å². The summed E-state index contributed by atoms with van der Waals surface area (Å²) in [6.07, 6.45) is 0.936. The van der Waals surface area contributed by atoms with E-state index in [0.717, 1.165) is 36.5 Å². The summed E-state index contributed by atoms with van der Waals surface area (Å²) in [5, 5.41) is 11.4. The fraction of sp³-hybridized carbons (Fsp3) is 0.273. The number of methoxy groups -OCH3 is 1. The number of carbonyl (C=O) groups excluding carboxylic acids is 1. The van der Waals surface area contributed by atoms with Gasteiger partial charge in [-0.1, -0.05) is 17.7 Å². The second kappa shape index (κ2) is 8.27. The lowest BCUT2D eigenvalue weighted by Gasteiger charge is -2.17. The maximum absolute atomic E-state index is 12.7. The van der Waals surface area contributed by atoms with Crippen molar-refractivity contribution in [2.24, 2.45) is 0 Å². The Morgan fingerprint density at radius 3 is 2.93 bits per heavy atom. The number of nitrogens with zero attached hydrogens (tertiary/aromatic N) is 2. The van der Waals surface area contributed by atoms with E-state index in [-0.39, 0.29) is 5.91 Å². The predicted octanol–water partition coefficient (Wildman–Crippen LogP) is 3.80. The summed E-state index contributed by atoms with van der Waals surface area (Å²) in [5.74, 6) is 1.11. The molecule has 29 heavy (non-hydrogen) atoms. The Kier molecular flexibility index (Phi) is 5.56. The summed E-state index contributed by atoms with van der Waals surface area (Å²) in [6.45, 7) is 4.24. The zero-order chi connectivity index (χ0) is 20.4. The average molecular weight is 411 g/mol. The van der Waals surface area contributed by atoms with Crippen molar-refractivity contribution in [2.45, 2.75) is 26.4 Å². The van der Waals surface area contributed by atoms with E-state index in [2.05, 4.69) is 15.7 Å². The number of fused-ring (bicyclic) bond motifs is 1. The van der Waals surface area contributed by atoms with Gasteiger partial charge in [0, 0.05) is 34.5 Å². The molecule has 1 aliphatic rings. The Bertz CT molecular complexity index is 1060. The van der Waals surface area contributed by atoms with Gasteiger partial charge in [0.05, 0.1) is 13.7 Å². The van der Waals surface area contributed by atoms with Crippen LogP contribution in [0, 0.1) is 6.92 Å². The highest BCUT2D eigenvalue weighted by atomic mass is 35.5. The molecule has 0 radical (unpaired) electrons. The number of halogens is 1. The molecule has 7 heteroatoms. The third kappa shape index (κ3) is 4.28. The Morgan fingerprint density at radius 2 is 2.10 bits per heavy atom. The van der Waals surface area contributed by atoms with Crippen LogP contribution in [0.25, 0.3) is 0 Å². The quantitative estimate of drug-likeness (QED) is 0.671. The molecule has 1 amide bonds. The number of hydrogen-bond donors (Lipinski definition) is 2. The molecule has 1 aliphatic heterocycles. The zero-order valence-corrected chi connectivity index (χ0v) is 17.2. The average Bonchev–Trinajstić information content (AvgIpc) is 3.06. The summed E-state index contributed by atoms with van der Waals surface area (Å²) in [5.41, 5.74) is 4.98. The minimum atomic E-state index is -0.156. The van der Waals surface area contributed by atoms with E-state index in [1.54, 1.807) is 13.2 Å². The van der Waals surface area contributed by atoms with E-state index in [1.807, 2.05) is 48.0 Å². The van der Waals surface area contributed by atoms with Gasteiger partial charge >= 0.3 is 0 Å². The molecule has 0 bridgehead atoms. The van der Waals surface area contributed by atoms with Gasteiger partial charge in [-0.05, 0) is 61.3 Å². The third-order valence-electron chi connectivity index (χ3n) is 5.14. The number of anilines is 1. The number of ether oxygens (including phenoxy) is 1. The summed E-state index contributed by atoms with van der Waals surface area (Å²) < 4.78 is 7.23. The summed E-state index contributed by atoms with van der Waals surface area (Å²) in [4.78, 5) is 12.7. The highest BCUT2D eigenvalue weighted by molar-refractivity contribution is 6.30. The van der Waals surface area contributed by atoms with Crippen molar-refractivity contribution in [1.29, 1.82) is 0 Å². The molecule has 0 unspecified atom stereocenters. The number of rotatable bonds is 5. The number of aryl methyl sites for hydroxylation is 1. The number of hydrogen-bond acceptors (Lipinski definition) is 4. The van der Waals surface area contributed by atoms with E-state index in [4.69, 9.17) is 16.3 Å². The Balaban J connectivity index is 1.51. The van der Waals surface area contributed by atoms with Crippen LogP contribution in [-0.4, -0.2) is 29.3 Å². The van der Waals surface area contributed by atoms with Gasteiger partial charge in [-0.2, -0.15) is 5.10 Å². The Morgan fingerprint density at radius 1 is 1.24 bits per heavy atom. The molecule has 0 atom stereocenters. The van der Waals surface area contributed by atoms with Crippen molar-refractivity contribution < 1.29 is 9.53 Å². The first-order chi connectivity index (χ1) is 14.0. The Labute approximate surface area is 174 Å². The fourth-order valence-corrected chi connectivity index (χ4v) is 3.77. The molecule has 2 heterocycles.